The lowest BCUT2D eigenvalue weighted by Gasteiger charge is -2.35. The second-order valence-corrected chi connectivity index (χ2v) is 24.0. The summed E-state index contributed by atoms with van der Waals surface area (Å²) in [5.41, 5.74) is 6.92. The van der Waals surface area contributed by atoms with Gasteiger partial charge in [-0.05, 0) is 85.8 Å². The van der Waals surface area contributed by atoms with Crippen molar-refractivity contribution >= 4 is 8.60 Å². The van der Waals surface area contributed by atoms with Crippen LogP contribution < -0.4 is 4.52 Å². The highest BCUT2D eigenvalue weighted by molar-refractivity contribution is 7.39. The first-order valence-corrected chi connectivity index (χ1v) is 33.2. The van der Waals surface area contributed by atoms with Crippen LogP contribution in [0.15, 0.2) is 24.3 Å². The van der Waals surface area contributed by atoms with Crippen molar-refractivity contribution in [2.24, 2.45) is 0 Å². The molecule has 4 nitrogen and oxygen atoms in total. The Kier molecular flexibility index (Phi) is 42.1. The third kappa shape index (κ3) is 30.8. The summed E-state index contributed by atoms with van der Waals surface area (Å²) >= 11 is 0. The van der Waals surface area contributed by atoms with Crippen LogP contribution in [-0.2, 0) is 31.1 Å². The first kappa shape index (κ1) is 66.5. The van der Waals surface area contributed by atoms with Gasteiger partial charge in [-0.3, -0.25) is 0 Å². The van der Waals surface area contributed by atoms with Gasteiger partial charge in [-0.25, -0.2) is 0 Å². The lowest BCUT2D eigenvalue weighted by atomic mass is 9.70. The largest absolute Gasteiger partial charge is 0.508 e. The summed E-state index contributed by atoms with van der Waals surface area (Å²) in [4.78, 5) is 21.0. The Hall–Kier alpha value is -1.61. The summed E-state index contributed by atoms with van der Waals surface area (Å²) < 4.78 is 6.09. The number of phenolic OH excluding ortho intramolecular Hbond substituents is 1. The number of hydrogen-bond acceptors (Lipinski definition) is 4. The maximum atomic E-state index is 12.2. The molecule has 0 aliphatic heterocycles. The van der Waals surface area contributed by atoms with E-state index >= 15 is 0 Å². The van der Waals surface area contributed by atoms with Crippen molar-refractivity contribution in [3.63, 3.8) is 0 Å². The molecule has 2 rings (SSSR count). The molecular weight excluding hydrogens is 900 g/mol. The number of phenols is 1. The fourth-order valence-electron chi connectivity index (χ4n) is 12.0. The van der Waals surface area contributed by atoms with Crippen LogP contribution in [0.3, 0.4) is 0 Å². The highest BCUT2D eigenvalue weighted by atomic mass is 31.2. The van der Waals surface area contributed by atoms with Crippen molar-refractivity contribution in [2.45, 2.75) is 355 Å². The van der Waals surface area contributed by atoms with E-state index in [1.165, 1.54) is 292 Å². The molecule has 0 amide bonds. The maximum Gasteiger partial charge on any atom is 0.391 e. The molecule has 2 aromatic carbocycles. The fraction of sp³-hybridized carbons (Fsp3) is 0.821. The Morgan fingerprint density at radius 2 is 0.583 bits per heavy atom. The van der Waals surface area contributed by atoms with Crippen molar-refractivity contribution in [1.29, 1.82) is 0 Å². The van der Waals surface area contributed by atoms with Gasteiger partial charge in [0.25, 0.3) is 0 Å². The standard InChI is InChI=1S/C67H121O4P/c1-7-11-15-19-23-27-31-35-39-43-47-51-59-55-57-63(68)65(61(59)53-49-45-41-37-33-29-25-21-17-13-9-3)67(5,6)66-62(54-50-46-42-38-34-30-26-22-18-14-10-4)60(56-58-64(66)71-72(69)70)52-48-44-40-36-32-28-24-20-16-12-8-2/h55-58,68-70H,7-54H2,1-6H3. The third-order valence-corrected chi connectivity index (χ3v) is 16.7. The Balaban J connectivity index is 2.42. The molecule has 0 atom stereocenters. The second kappa shape index (κ2) is 45.6. The summed E-state index contributed by atoms with van der Waals surface area (Å²) in [6, 6.07) is 8.50. The molecule has 0 radical (unpaired) electrons. The van der Waals surface area contributed by atoms with Gasteiger partial charge in [0.2, 0.25) is 0 Å². The normalized spacial score (nSPS) is 12.0. The lowest BCUT2D eigenvalue weighted by Crippen LogP contribution is -2.26. The predicted molar refractivity (Wildman–Crippen MR) is 319 cm³/mol. The van der Waals surface area contributed by atoms with Gasteiger partial charge in [0.15, 0.2) is 0 Å². The molecule has 418 valence electrons. The Morgan fingerprint density at radius 3 is 0.875 bits per heavy atom. The van der Waals surface area contributed by atoms with Gasteiger partial charge in [0.05, 0.1) is 0 Å². The summed E-state index contributed by atoms with van der Waals surface area (Å²) in [6.07, 6.45) is 62.2. The van der Waals surface area contributed by atoms with Gasteiger partial charge in [0.1, 0.15) is 11.5 Å². The summed E-state index contributed by atoms with van der Waals surface area (Å²) in [7, 11) is -2.61. The topological polar surface area (TPSA) is 69.9 Å². The minimum absolute atomic E-state index is 0.374. The minimum Gasteiger partial charge on any atom is -0.508 e. The Morgan fingerprint density at radius 1 is 0.333 bits per heavy atom. The average molecular weight is 1020 g/mol. The molecule has 0 saturated carbocycles. The molecule has 0 aliphatic carbocycles. The molecule has 0 aliphatic rings. The molecule has 3 N–H and O–H groups in total. The maximum absolute atomic E-state index is 12.2. The van der Waals surface area contributed by atoms with E-state index in [0.29, 0.717) is 11.5 Å². The van der Waals surface area contributed by atoms with E-state index in [4.69, 9.17) is 4.52 Å². The number of benzene rings is 2. The number of aryl methyl sites for hydroxylation is 2. The van der Waals surface area contributed by atoms with Gasteiger partial charge in [-0.1, -0.05) is 311 Å². The number of aromatic hydroxyl groups is 1. The van der Waals surface area contributed by atoms with E-state index in [1.807, 2.05) is 12.1 Å². The molecular formula is C67H121O4P. The zero-order valence-electron chi connectivity index (χ0n) is 48.9. The highest BCUT2D eigenvalue weighted by Crippen LogP contribution is 2.49. The van der Waals surface area contributed by atoms with Crippen molar-refractivity contribution in [2.75, 3.05) is 0 Å². The third-order valence-electron chi connectivity index (χ3n) is 16.3. The molecule has 5 heteroatoms. The first-order chi connectivity index (χ1) is 35.2. The molecule has 0 fully saturated rings. The van der Waals surface area contributed by atoms with E-state index in [9.17, 15) is 14.9 Å². The van der Waals surface area contributed by atoms with Gasteiger partial charge < -0.3 is 19.4 Å². The van der Waals surface area contributed by atoms with E-state index in [2.05, 4.69) is 53.7 Å². The van der Waals surface area contributed by atoms with Crippen molar-refractivity contribution in [3.8, 4) is 11.5 Å². The molecule has 72 heavy (non-hydrogen) atoms. The number of hydrogen-bond donors (Lipinski definition) is 3. The number of rotatable bonds is 52. The molecule has 0 aromatic heterocycles. The first-order valence-electron chi connectivity index (χ1n) is 32.1. The second-order valence-electron chi connectivity index (χ2n) is 23.3. The fourth-order valence-corrected chi connectivity index (χ4v) is 12.3. The molecule has 0 unspecified atom stereocenters. The van der Waals surface area contributed by atoms with Crippen LogP contribution in [0, 0.1) is 0 Å². The predicted octanol–water partition coefficient (Wildman–Crippen LogP) is 22.7. The quantitative estimate of drug-likeness (QED) is 0.0456. The Labute approximate surface area is 450 Å². The smallest absolute Gasteiger partial charge is 0.391 e. The highest BCUT2D eigenvalue weighted by Gasteiger charge is 2.36. The van der Waals surface area contributed by atoms with Gasteiger partial charge in [-0.2, -0.15) is 0 Å². The minimum atomic E-state index is -2.61. The monoisotopic (exact) mass is 1020 g/mol. The molecule has 0 spiro atoms. The zero-order valence-corrected chi connectivity index (χ0v) is 49.8. The Bertz CT molecular complexity index is 1530. The van der Waals surface area contributed by atoms with Gasteiger partial charge in [0, 0.05) is 16.5 Å². The van der Waals surface area contributed by atoms with Gasteiger partial charge >= 0.3 is 8.60 Å². The van der Waals surface area contributed by atoms with Crippen LogP contribution in [0.2, 0.25) is 0 Å². The summed E-state index contributed by atoms with van der Waals surface area (Å²) in [6.45, 7) is 13.8. The van der Waals surface area contributed by atoms with Crippen LogP contribution in [0.1, 0.15) is 357 Å². The number of unbranched alkanes of at least 4 members (excludes halogenated alkanes) is 40. The zero-order chi connectivity index (χ0) is 52.2. The van der Waals surface area contributed by atoms with E-state index < -0.39 is 14.0 Å². The van der Waals surface area contributed by atoms with Crippen LogP contribution >= 0.6 is 8.60 Å². The summed E-state index contributed by atoms with van der Waals surface area (Å²) in [5, 5.41) is 12.2. The van der Waals surface area contributed by atoms with E-state index in [1.54, 1.807) is 0 Å². The van der Waals surface area contributed by atoms with Crippen molar-refractivity contribution < 1.29 is 19.4 Å². The molecule has 0 saturated heterocycles. The lowest BCUT2D eigenvalue weighted by molar-refractivity contribution is 0.369. The molecule has 0 bridgehead atoms. The van der Waals surface area contributed by atoms with Gasteiger partial charge in [-0.15, -0.1) is 0 Å². The average Bonchev–Trinajstić information content (AvgIpc) is 3.36. The molecule has 2 aromatic rings. The van der Waals surface area contributed by atoms with E-state index in [0.717, 1.165) is 49.7 Å². The molecule has 0 heterocycles. The van der Waals surface area contributed by atoms with E-state index in [-0.39, 0.29) is 0 Å². The van der Waals surface area contributed by atoms with Crippen LogP contribution in [-0.4, -0.2) is 14.9 Å². The SMILES string of the molecule is CCCCCCCCCCCCCc1ccc(O)c(C(C)(C)c2c(OP(O)O)ccc(CCCCCCCCCCCCC)c2CCCCCCCCCCCCC)c1CCCCCCCCCCCCC. The van der Waals surface area contributed by atoms with Crippen LogP contribution in [0.4, 0.5) is 0 Å². The van der Waals surface area contributed by atoms with Crippen molar-refractivity contribution in [3.05, 3.63) is 57.6 Å². The van der Waals surface area contributed by atoms with Crippen LogP contribution in [0.25, 0.3) is 0 Å². The van der Waals surface area contributed by atoms with Crippen LogP contribution in [0.5, 0.6) is 11.5 Å². The summed E-state index contributed by atoms with van der Waals surface area (Å²) in [5.74, 6) is 0.950. The van der Waals surface area contributed by atoms with Crippen molar-refractivity contribution in [1.82, 2.24) is 0 Å².